The number of nitro benzene ring substituents is 1. The number of hydrogen-bond acceptors (Lipinski definition) is 6. The average molecular weight is 341 g/mol. The van der Waals surface area contributed by atoms with E-state index < -0.39 is 4.92 Å². The number of hydrogen-bond donors (Lipinski definition) is 1. The molecule has 1 aromatic heterocycles. The van der Waals surface area contributed by atoms with Crippen LogP contribution in [0.4, 0.5) is 5.69 Å². The van der Waals surface area contributed by atoms with Gasteiger partial charge in [0.1, 0.15) is 6.61 Å². The minimum Gasteiger partial charge on any atom is -0.388 e. The van der Waals surface area contributed by atoms with Gasteiger partial charge in [0.25, 0.3) is 5.69 Å². The van der Waals surface area contributed by atoms with Crippen LogP contribution in [0.2, 0.25) is 5.02 Å². The summed E-state index contributed by atoms with van der Waals surface area (Å²) in [5, 5.41) is 29.2. The van der Waals surface area contributed by atoms with E-state index in [0.717, 1.165) is 23.6 Å². The third-order valence-corrected chi connectivity index (χ3v) is 4.74. The van der Waals surface area contributed by atoms with E-state index in [1.54, 1.807) is 6.07 Å². The normalized spacial score (nSPS) is 14.3. The van der Waals surface area contributed by atoms with Crippen LogP contribution in [0.25, 0.3) is 0 Å². The predicted molar refractivity (Wildman–Crippen MR) is 81.9 cm³/mol. The standard InChI is InChI=1S/C13H13ClN4O3S/c14-11-5-10(18(20)21)2-1-8(11)7-22-13-16-15-12(6-19)17(13)9-3-4-9/h1-2,5,9,19H,3-4,6-7H2. The molecule has 7 nitrogen and oxygen atoms in total. The number of halogens is 1. The molecule has 0 unspecified atom stereocenters. The Morgan fingerprint density at radius 1 is 1.45 bits per heavy atom. The molecule has 0 saturated heterocycles. The van der Waals surface area contributed by atoms with Crippen molar-refractivity contribution in [2.45, 2.75) is 36.4 Å². The van der Waals surface area contributed by atoms with E-state index in [9.17, 15) is 15.2 Å². The van der Waals surface area contributed by atoms with Crippen LogP contribution in [0.15, 0.2) is 23.4 Å². The second kappa shape index (κ2) is 6.23. The molecule has 0 aliphatic heterocycles. The monoisotopic (exact) mass is 340 g/mol. The molecule has 0 atom stereocenters. The Kier molecular flexibility index (Phi) is 4.32. The van der Waals surface area contributed by atoms with Crippen molar-refractivity contribution in [1.29, 1.82) is 0 Å². The Bertz CT molecular complexity index is 717. The minimum atomic E-state index is -0.472. The highest BCUT2D eigenvalue weighted by Crippen LogP contribution is 2.39. The smallest absolute Gasteiger partial charge is 0.270 e. The van der Waals surface area contributed by atoms with Gasteiger partial charge in [-0.1, -0.05) is 23.4 Å². The fourth-order valence-electron chi connectivity index (χ4n) is 2.12. The van der Waals surface area contributed by atoms with Gasteiger partial charge >= 0.3 is 0 Å². The summed E-state index contributed by atoms with van der Waals surface area (Å²) in [6.07, 6.45) is 2.13. The van der Waals surface area contributed by atoms with Crippen LogP contribution in [-0.4, -0.2) is 24.8 Å². The number of nitrogens with zero attached hydrogens (tertiary/aromatic N) is 4. The van der Waals surface area contributed by atoms with E-state index >= 15 is 0 Å². The van der Waals surface area contributed by atoms with Gasteiger partial charge in [0.2, 0.25) is 0 Å². The first-order chi connectivity index (χ1) is 10.6. The van der Waals surface area contributed by atoms with Gasteiger partial charge in [-0.05, 0) is 24.5 Å². The number of aliphatic hydroxyl groups is 1. The third kappa shape index (κ3) is 3.08. The molecule has 1 heterocycles. The van der Waals surface area contributed by atoms with Crippen LogP contribution in [0.3, 0.4) is 0 Å². The summed E-state index contributed by atoms with van der Waals surface area (Å²) in [6, 6.07) is 4.81. The molecule has 1 saturated carbocycles. The molecule has 0 amide bonds. The van der Waals surface area contributed by atoms with Crippen molar-refractivity contribution in [3.8, 4) is 0 Å². The average Bonchev–Trinajstić information content (AvgIpc) is 3.26. The summed E-state index contributed by atoms with van der Waals surface area (Å²) in [7, 11) is 0. The SMILES string of the molecule is O=[N+]([O-])c1ccc(CSc2nnc(CO)n2C2CC2)c(Cl)c1. The van der Waals surface area contributed by atoms with Gasteiger partial charge in [-0.15, -0.1) is 10.2 Å². The summed E-state index contributed by atoms with van der Waals surface area (Å²) >= 11 is 7.54. The van der Waals surface area contributed by atoms with Crippen LogP contribution >= 0.6 is 23.4 Å². The van der Waals surface area contributed by atoms with E-state index in [4.69, 9.17) is 11.6 Å². The quantitative estimate of drug-likeness (QED) is 0.493. The molecule has 9 heteroatoms. The topological polar surface area (TPSA) is 94.1 Å². The minimum absolute atomic E-state index is 0.0255. The summed E-state index contributed by atoms with van der Waals surface area (Å²) in [5.41, 5.74) is 0.774. The van der Waals surface area contributed by atoms with Crippen molar-refractivity contribution in [2.75, 3.05) is 0 Å². The molecule has 1 fully saturated rings. The van der Waals surface area contributed by atoms with E-state index in [2.05, 4.69) is 10.2 Å². The zero-order valence-electron chi connectivity index (χ0n) is 11.5. The molecular formula is C13H13ClN4O3S. The van der Waals surface area contributed by atoms with E-state index in [1.165, 1.54) is 23.9 Å². The van der Waals surface area contributed by atoms with Gasteiger partial charge in [0.05, 0.1) is 9.95 Å². The van der Waals surface area contributed by atoms with Crippen LogP contribution in [0.1, 0.15) is 30.3 Å². The molecule has 0 bridgehead atoms. The summed E-state index contributed by atoms with van der Waals surface area (Å²) in [6.45, 7) is -0.137. The highest BCUT2D eigenvalue weighted by Gasteiger charge is 2.29. The second-order valence-electron chi connectivity index (χ2n) is 4.98. The highest BCUT2D eigenvalue weighted by molar-refractivity contribution is 7.98. The van der Waals surface area contributed by atoms with E-state index in [-0.39, 0.29) is 12.3 Å². The molecular weight excluding hydrogens is 328 g/mol. The fourth-order valence-corrected chi connectivity index (χ4v) is 3.47. The number of aliphatic hydroxyl groups excluding tert-OH is 1. The number of non-ortho nitro benzene ring substituents is 1. The van der Waals surface area contributed by atoms with Crippen LogP contribution < -0.4 is 0 Å². The van der Waals surface area contributed by atoms with Crippen molar-refractivity contribution in [3.05, 3.63) is 44.7 Å². The molecule has 1 aromatic carbocycles. The van der Waals surface area contributed by atoms with Gasteiger partial charge in [-0.2, -0.15) is 0 Å². The lowest BCUT2D eigenvalue weighted by Gasteiger charge is -2.08. The lowest BCUT2D eigenvalue weighted by molar-refractivity contribution is -0.384. The molecule has 3 rings (SSSR count). The van der Waals surface area contributed by atoms with E-state index in [1.807, 2.05) is 4.57 Å². The Hall–Kier alpha value is -1.64. The molecule has 1 aliphatic rings. The first kappa shape index (κ1) is 15.3. The number of thioether (sulfide) groups is 1. The molecule has 22 heavy (non-hydrogen) atoms. The second-order valence-corrected chi connectivity index (χ2v) is 6.33. The summed E-state index contributed by atoms with van der Waals surface area (Å²) in [4.78, 5) is 10.2. The van der Waals surface area contributed by atoms with Gasteiger partial charge in [-0.25, -0.2) is 0 Å². The first-order valence-corrected chi connectivity index (χ1v) is 8.06. The maximum absolute atomic E-state index is 10.7. The van der Waals surface area contributed by atoms with Crippen molar-refractivity contribution in [2.24, 2.45) is 0 Å². The molecule has 0 spiro atoms. The Morgan fingerprint density at radius 2 is 2.23 bits per heavy atom. The number of rotatable bonds is 6. The lowest BCUT2D eigenvalue weighted by atomic mass is 10.2. The van der Waals surface area contributed by atoms with Gasteiger partial charge in [0, 0.05) is 23.9 Å². The molecule has 2 aromatic rings. The largest absolute Gasteiger partial charge is 0.388 e. The Morgan fingerprint density at radius 3 is 2.82 bits per heavy atom. The molecule has 1 aliphatic carbocycles. The zero-order valence-corrected chi connectivity index (χ0v) is 13.0. The molecule has 1 N–H and O–H groups in total. The van der Waals surface area contributed by atoms with Gasteiger partial charge in [-0.3, -0.25) is 10.1 Å². The fraction of sp³-hybridized carbons (Fsp3) is 0.385. The molecule has 116 valence electrons. The number of nitro groups is 1. The van der Waals surface area contributed by atoms with E-state index in [0.29, 0.717) is 22.6 Å². The van der Waals surface area contributed by atoms with Crippen molar-refractivity contribution >= 4 is 29.1 Å². The summed E-state index contributed by atoms with van der Waals surface area (Å²) in [5.74, 6) is 1.10. The lowest BCUT2D eigenvalue weighted by Crippen LogP contribution is -2.03. The van der Waals surface area contributed by atoms with Gasteiger partial charge < -0.3 is 9.67 Å². The first-order valence-electron chi connectivity index (χ1n) is 6.70. The maximum atomic E-state index is 10.7. The van der Waals surface area contributed by atoms with Crippen molar-refractivity contribution in [1.82, 2.24) is 14.8 Å². The van der Waals surface area contributed by atoms with Crippen molar-refractivity contribution < 1.29 is 10.0 Å². The number of aromatic nitrogens is 3. The third-order valence-electron chi connectivity index (χ3n) is 3.39. The Labute approximate surface area is 135 Å². The van der Waals surface area contributed by atoms with Crippen molar-refractivity contribution in [3.63, 3.8) is 0 Å². The van der Waals surface area contributed by atoms with Gasteiger partial charge in [0.15, 0.2) is 11.0 Å². The predicted octanol–water partition coefficient (Wildman–Crippen LogP) is 2.96. The Balaban J connectivity index is 1.75. The maximum Gasteiger partial charge on any atom is 0.270 e. The van der Waals surface area contributed by atoms with Crippen LogP contribution in [0, 0.1) is 10.1 Å². The molecule has 0 radical (unpaired) electrons. The van der Waals surface area contributed by atoms with Crippen LogP contribution in [-0.2, 0) is 12.4 Å². The zero-order chi connectivity index (χ0) is 15.7. The summed E-state index contributed by atoms with van der Waals surface area (Å²) < 4.78 is 1.96. The van der Waals surface area contributed by atoms with Crippen LogP contribution in [0.5, 0.6) is 0 Å². The number of benzene rings is 1. The highest BCUT2D eigenvalue weighted by atomic mass is 35.5.